The fourth-order valence-electron chi connectivity index (χ4n) is 3.55. The number of fused-ring (bicyclic) bond motifs is 1. The average Bonchev–Trinajstić information content (AvgIpc) is 2.80. The maximum atomic E-state index is 12.7. The standard InChI is InChI=1S/C23H26F3N5O4/c1-3-30(7-8-32)21-12-20(33)18-6-4-5-17(22(18)29-21)19(27)13-31(28)14-9-15(34-2)11-16(10-14)35-23(24,25)26/h4-6,9-13,32H,3,7-8,27-28H2,1-2H3,(H,29,33)/b19-13-. The predicted octanol–water partition coefficient (Wildman–Crippen LogP) is 2.89. The Balaban J connectivity index is 2.05. The molecule has 3 rings (SSSR count). The number of aliphatic hydroxyl groups excluding tert-OH is 1. The SMILES string of the molecule is CCN(CCO)c1cc(=O)c2cccc(/C(N)=C/N(N)c3cc(OC)cc(OC(F)(F)F)c3)c2[nH]1. The smallest absolute Gasteiger partial charge is 0.497 e. The highest BCUT2D eigenvalue weighted by molar-refractivity contribution is 5.91. The van der Waals surface area contributed by atoms with E-state index in [0.29, 0.717) is 35.4 Å². The van der Waals surface area contributed by atoms with Gasteiger partial charge in [-0.3, -0.25) is 9.80 Å². The molecule has 0 radical (unpaired) electrons. The van der Waals surface area contributed by atoms with Crippen LogP contribution in [-0.4, -0.2) is 43.3 Å². The van der Waals surface area contributed by atoms with Gasteiger partial charge in [0.15, 0.2) is 5.43 Å². The second kappa shape index (κ2) is 10.6. The number of anilines is 2. The Morgan fingerprint density at radius 3 is 2.54 bits per heavy atom. The van der Waals surface area contributed by atoms with Crippen LogP contribution in [0.5, 0.6) is 11.5 Å². The number of likely N-dealkylation sites (N-methyl/N-ethyl adjacent to an activating group) is 1. The molecule has 2 aromatic carbocycles. The molecule has 0 fully saturated rings. The molecule has 12 heteroatoms. The van der Waals surface area contributed by atoms with E-state index >= 15 is 0 Å². The van der Waals surface area contributed by atoms with E-state index in [0.717, 1.165) is 17.1 Å². The minimum absolute atomic E-state index is 0.0897. The molecule has 0 aliphatic heterocycles. The number of hydrazine groups is 1. The molecule has 0 atom stereocenters. The van der Waals surface area contributed by atoms with Crippen molar-refractivity contribution in [2.24, 2.45) is 11.6 Å². The number of aromatic amines is 1. The Morgan fingerprint density at radius 2 is 1.91 bits per heavy atom. The van der Waals surface area contributed by atoms with E-state index in [2.05, 4.69) is 9.72 Å². The van der Waals surface area contributed by atoms with E-state index in [1.54, 1.807) is 23.1 Å². The molecule has 6 N–H and O–H groups in total. The molecular weight excluding hydrogens is 467 g/mol. The van der Waals surface area contributed by atoms with Crippen LogP contribution in [-0.2, 0) is 0 Å². The number of rotatable bonds is 9. The zero-order valence-electron chi connectivity index (χ0n) is 19.1. The molecule has 188 valence electrons. The summed E-state index contributed by atoms with van der Waals surface area (Å²) >= 11 is 0. The summed E-state index contributed by atoms with van der Waals surface area (Å²) in [6.45, 7) is 2.65. The number of ether oxygens (including phenoxy) is 2. The molecule has 9 nitrogen and oxygen atoms in total. The summed E-state index contributed by atoms with van der Waals surface area (Å²) < 4.78 is 47.1. The lowest BCUT2D eigenvalue weighted by Gasteiger charge is -2.22. The van der Waals surface area contributed by atoms with Crippen LogP contribution in [0.25, 0.3) is 16.6 Å². The second-order valence-electron chi connectivity index (χ2n) is 7.46. The number of halogens is 3. The van der Waals surface area contributed by atoms with Gasteiger partial charge in [-0.05, 0) is 13.0 Å². The molecule has 0 amide bonds. The zero-order valence-corrected chi connectivity index (χ0v) is 19.1. The summed E-state index contributed by atoms with van der Waals surface area (Å²) in [5, 5.41) is 10.7. The first kappa shape index (κ1) is 25.7. The van der Waals surface area contributed by atoms with Crippen molar-refractivity contribution >= 4 is 28.1 Å². The first-order chi connectivity index (χ1) is 16.6. The number of benzene rings is 2. The van der Waals surface area contributed by atoms with Crippen molar-refractivity contribution in [2.45, 2.75) is 13.3 Å². The van der Waals surface area contributed by atoms with E-state index in [4.69, 9.17) is 16.3 Å². The number of nitrogens with one attached hydrogen (secondary N) is 1. The molecule has 0 saturated carbocycles. The van der Waals surface area contributed by atoms with Crippen LogP contribution in [0.15, 0.2) is 53.5 Å². The number of aromatic nitrogens is 1. The summed E-state index contributed by atoms with van der Waals surface area (Å²) in [6, 6.07) is 9.97. The molecule has 0 bridgehead atoms. The van der Waals surface area contributed by atoms with Crippen LogP contribution in [0.1, 0.15) is 12.5 Å². The Hall–Kier alpha value is -3.90. The van der Waals surface area contributed by atoms with E-state index in [-0.39, 0.29) is 29.2 Å². The lowest BCUT2D eigenvalue weighted by atomic mass is 10.1. The Morgan fingerprint density at radius 1 is 1.20 bits per heavy atom. The first-order valence-corrected chi connectivity index (χ1v) is 10.5. The number of H-pyrrole nitrogens is 1. The van der Waals surface area contributed by atoms with Crippen LogP contribution in [0.3, 0.4) is 0 Å². The normalized spacial score (nSPS) is 12.0. The van der Waals surface area contributed by atoms with Gasteiger partial charge in [0.1, 0.15) is 17.3 Å². The highest BCUT2D eigenvalue weighted by atomic mass is 19.4. The summed E-state index contributed by atoms with van der Waals surface area (Å²) in [4.78, 5) is 17.7. The third-order valence-electron chi connectivity index (χ3n) is 5.16. The summed E-state index contributed by atoms with van der Waals surface area (Å²) in [5.74, 6) is 6.16. The fraction of sp³-hybridized carbons (Fsp3) is 0.261. The van der Waals surface area contributed by atoms with Crippen LogP contribution < -0.4 is 36.4 Å². The van der Waals surface area contributed by atoms with Crippen molar-refractivity contribution in [3.05, 3.63) is 64.5 Å². The highest BCUT2D eigenvalue weighted by Crippen LogP contribution is 2.32. The van der Waals surface area contributed by atoms with Gasteiger partial charge in [-0.25, -0.2) is 5.84 Å². The zero-order chi connectivity index (χ0) is 25.8. The van der Waals surface area contributed by atoms with Gasteiger partial charge in [-0.2, -0.15) is 0 Å². The van der Waals surface area contributed by atoms with E-state index in [9.17, 15) is 23.1 Å². The maximum absolute atomic E-state index is 12.7. The summed E-state index contributed by atoms with van der Waals surface area (Å²) in [7, 11) is 1.29. The number of hydrogen-bond donors (Lipinski definition) is 4. The number of alkyl halides is 3. The molecule has 0 aliphatic rings. The van der Waals surface area contributed by atoms with Crippen molar-refractivity contribution in [1.29, 1.82) is 0 Å². The third-order valence-corrected chi connectivity index (χ3v) is 5.16. The number of nitrogens with zero attached hydrogens (tertiary/aromatic N) is 2. The average molecular weight is 493 g/mol. The number of para-hydroxylation sites is 1. The van der Waals surface area contributed by atoms with Crippen molar-refractivity contribution < 1.29 is 27.8 Å². The van der Waals surface area contributed by atoms with Gasteiger partial charge in [-0.15, -0.1) is 13.2 Å². The molecule has 1 heterocycles. The number of hydrogen-bond acceptors (Lipinski definition) is 8. The van der Waals surface area contributed by atoms with Crippen molar-refractivity contribution in [3.8, 4) is 11.5 Å². The first-order valence-electron chi connectivity index (χ1n) is 10.5. The largest absolute Gasteiger partial charge is 0.573 e. The van der Waals surface area contributed by atoms with Gasteiger partial charge in [0.05, 0.1) is 30.6 Å². The van der Waals surface area contributed by atoms with Crippen LogP contribution >= 0.6 is 0 Å². The lowest BCUT2D eigenvalue weighted by Crippen LogP contribution is -2.28. The molecule has 0 spiro atoms. The van der Waals surface area contributed by atoms with E-state index < -0.39 is 12.1 Å². The summed E-state index contributed by atoms with van der Waals surface area (Å²) in [5.41, 5.74) is 7.20. The minimum Gasteiger partial charge on any atom is -0.497 e. The lowest BCUT2D eigenvalue weighted by molar-refractivity contribution is -0.274. The van der Waals surface area contributed by atoms with Crippen molar-refractivity contribution in [2.75, 3.05) is 36.7 Å². The van der Waals surface area contributed by atoms with Gasteiger partial charge in [0.25, 0.3) is 0 Å². The van der Waals surface area contributed by atoms with Gasteiger partial charge < -0.3 is 30.2 Å². The monoisotopic (exact) mass is 493 g/mol. The quantitative estimate of drug-likeness (QED) is 0.265. The van der Waals surface area contributed by atoms with Crippen LogP contribution in [0.4, 0.5) is 24.7 Å². The van der Waals surface area contributed by atoms with Crippen LogP contribution in [0.2, 0.25) is 0 Å². The third kappa shape index (κ3) is 6.16. The number of nitrogens with two attached hydrogens (primary N) is 2. The van der Waals surface area contributed by atoms with Crippen molar-refractivity contribution in [3.63, 3.8) is 0 Å². The molecule has 1 aromatic heterocycles. The molecule has 0 unspecified atom stereocenters. The summed E-state index contributed by atoms with van der Waals surface area (Å²) in [6.07, 6.45) is -3.59. The van der Waals surface area contributed by atoms with Crippen LogP contribution in [0, 0.1) is 0 Å². The van der Waals surface area contributed by atoms with Crippen molar-refractivity contribution in [1.82, 2.24) is 4.98 Å². The Bertz CT molecular complexity index is 1280. The highest BCUT2D eigenvalue weighted by Gasteiger charge is 2.31. The topological polar surface area (TPSA) is 130 Å². The number of aliphatic hydroxyl groups is 1. The Kier molecular flexibility index (Phi) is 7.77. The molecule has 3 aromatic rings. The van der Waals surface area contributed by atoms with E-state index in [1.807, 2.05) is 6.92 Å². The number of pyridine rings is 1. The maximum Gasteiger partial charge on any atom is 0.573 e. The van der Waals surface area contributed by atoms with Gasteiger partial charge in [-0.1, -0.05) is 12.1 Å². The second-order valence-corrected chi connectivity index (χ2v) is 7.46. The predicted molar refractivity (Wildman–Crippen MR) is 128 cm³/mol. The fourth-order valence-corrected chi connectivity index (χ4v) is 3.55. The molecule has 0 aliphatic carbocycles. The minimum atomic E-state index is -4.90. The van der Waals surface area contributed by atoms with Gasteiger partial charge >= 0.3 is 6.36 Å². The Labute approximate surface area is 198 Å². The van der Waals surface area contributed by atoms with Gasteiger partial charge in [0, 0.05) is 54.5 Å². The van der Waals surface area contributed by atoms with Gasteiger partial charge in [0.2, 0.25) is 0 Å². The number of methoxy groups -OCH3 is 1. The molecule has 0 saturated heterocycles. The van der Waals surface area contributed by atoms with E-state index in [1.165, 1.54) is 25.4 Å². The molecule has 35 heavy (non-hydrogen) atoms. The molecular formula is C23H26F3N5O4.